The Morgan fingerprint density at radius 2 is 1.51 bits per heavy atom. The second-order valence-electron chi connectivity index (χ2n) is 11.8. The molecule has 1 aromatic heterocycles. The Morgan fingerprint density at radius 3 is 2.13 bits per heavy atom. The molecule has 0 spiro atoms. The lowest BCUT2D eigenvalue weighted by atomic mass is 10.0. The predicted molar refractivity (Wildman–Crippen MR) is 173 cm³/mol. The summed E-state index contributed by atoms with van der Waals surface area (Å²) in [6, 6.07) is 26.9. The van der Waals surface area contributed by atoms with Crippen molar-refractivity contribution in [3.63, 3.8) is 0 Å². The number of carbonyl (C=O) groups is 3. The smallest absolute Gasteiger partial charge is 0.250 e. The monoisotopic (exact) mass is 608 g/mol. The highest BCUT2D eigenvalue weighted by molar-refractivity contribution is 5.98. The lowest BCUT2D eigenvalue weighted by molar-refractivity contribution is -0.132. The molecule has 5 rings (SSSR count). The number of aromatic nitrogens is 2. The van der Waals surface area contributed by atoms with Gasteiger partial charge in [-0.2, -0.15) is 0 Å². The van der Waals surface area contributed by atoms with Crippen LogP contribution in [0.4, 0.5) is 5.82 Å². The molecular weight excluding hydrogens is 568 g/mol. The largest absolute Gasteiger partial charge is 0.374 e. The number of rotatable bonds is 12. The first kappa shape index (κ1) is 31.6. The zero-order chi connectivity index (χ0) is 31.8. The van der Waals surface area contributed by atoms with E-state index in [1.54, 1.807) is 20.0 Å². The molecule has 3 amide bonds. The molecule has 1 fully saturated rings. The third-order valence-electron chi connectivity index (χ3n) is 7.66. The minimum Gasteiger partial charge on any atom is -0.374 e. The van der Waals surface area contributed by atoms with Crippen molar-refractivity contribution in [3.8, 4) is 11.4 Å². The number of nitrogens with two attached hydrogens (primary N) is 1. The highest BCUT2D eigenvalue weighted by Crippen LogP contribution is 2.31. The van der Waals surface area contributed by atoms with Gasteiger partial charge in [-0.15, -0.1) is 0 Å². The van der Waals surface area contributed by atoms with E-state index in [1.807, 2.05) is 100 Å². The topological polar surface area (TPSA) is 132 Å². The second-order valence-corrected chi connectivity index (χ2v) is 11.8. The molecule has 0 radical (unpaired) electrons. The van der Waals surface area contributed by atoms with Crippen LogP contribution >= 0.6 is 0 Å². The average molecular weight is 609 g/mol. The predicted octanol–water partition coefficient (Wildman–Crippen LogP) is 4.14. The van der Waals surface area contributed by atoms with Crippen LogP contribution in [0.3, 0.4) is 0 Å². The van der Waals surface area contributed by atoms with E-state index in [2.05, 4.69) is 10.6 Å². The number of imidazole rings is 1. The van der Waals surface area contributed by atoms with Crippen LogP contribution in [0.2, 0.25) is 0 Å². The van der Waals surface area contributed by atoms with Crippen LogP contribution < -0.4 is 16.4 Å². The number of hydrogen-bond acceptors (Lipinski definition) is 6. The van der Waals surface area contributed by atoms with Crippen molar-refractivity contribution in [2.45, 2.75) is 50.9 Å². The highest BCUT2D eigenvalue weighted by Gasteiger charge is 2.33. The van der Waals surface area contributed by atoms with Gasteiger partial charge in [0.25, 0.3) is 5.91 Å². The fourth-order valence-corrected chi connectivity index (χ4v) is 5.23. The first-order chi connectivity index (χ1) is 21.7. The van der Waals surface area contributed by atoms with Gasteiger partial charge in [0, 0.05) is 24.8 Å². The molecule has 1 aliphatic rings. The Hall–Kier alpha value is -4.80. The van der Waals surface area contributed by atoms with E-state index in [0.717, 1.165) is 29.5 Å². The number of nitrogens with zero attached hydrogens (tertiary/aromatic N) is 3. The van der Waals surface area contributed by atoms with Crippen molar-refractivity contribution in [1.29, 1.82) is 0 Å². The molecule has 2 heterocycles. The van der Waals surface area contributed by atoms with Gasteiger partial charge < -0.3 is 30.6 Å². The van der Waals surface area contributed by atoms with Gasteiger partial charge in [0.15, 0.2) is 5.82 Å². The van der Waals surface area contributed by atoms with E-state index in [1.165, 1.54) is 0 Å². The van der Waals surface area contributed by atoms with Crippen molar-refractivity contribution in [1.82, 2.24) is 19.8 Å². The molecule has 3 aromatic carbocycles. The maximum atomic E-state index is 14.0. The summed E-state index contributed by atoms with van der Waals surface area (Å²) in [5.41, 5.74) is 7.34. The third-order valence-corrected chi connectivity index (χ3v) is 7.66. The number of ether oxygens (including phenoxy) is 1. The van der Waals surface area contributed by atoms with Gasteiger partial charge >= 0.3 is 0 Å². The third kappa shape index (κ3) is 8.03. The van der Waals surface area contributed by atoms with Gasteiger partial charge in [0.2, 0.25) is 11.8 Å². The fraction of sp³-hybridized carbons (Fsp3) is 0.314. The van der Waals surface area contributed by atoms with Crippen molar-refractivity contribution in [3.05, 3.63) is 108 Å². The van der Waals surface area contributed by atoms with Gasteiger partial charge in [0.1, 0.15) is 17.9 Å². The molecule has 10 heteroatoms. The first-order valence-corrected chi connectivity index (χ1v) is 15.2. The molecule has 0 aliphatic carbocycles. The van der Waals surface area contributed by atoms with Gasteiger partial charge in [-0.3, -0.25) is 14.4 Å². The molecule has 1 unspecified atom stereocenters. The van der Waals surface area contributed by atoms with Gasteiger partial charge in [-0.25, -0.2) is 4.98 Å². The Morgan fingerprint density at radius 1 is 0.911 bits per heavy atom. The number of carbonyl (C=O) groups excluding carboxylic acids is 3. The number of amides is 3. The summed E-state index contributed by atoms with van der Waals surface area (Å²) in [5, 5.41) is 5.59. The molecule has 0 saturated carbocycles. The van der Waals surface area contributed by atoms with Crippen LogP contribution in [0.25, 0.3) is 11.4 Å². The molecular formula is C35H40N6O4. The van der Waals surface area contributed by atoms with Crippen LogP contribution in [-0.2, 0) is 25.7 Å². The number of likely N-dealkylation sites (tertiary alicyclic amines) is 1. The van der Waals surface area contributed by atoms with E-state index in [0.29, 0.717) is 18.9 Å². The van der Waals surface area contributed by atoms with Gasteiger partial charge in [0.05, 0.1) is 18.8 Å². The summed E-state index contributed by atoms with van der Waals surface area (Å²) in [4.78, 5) is 47.2. The Balaban J connectivity index is 1.46. The molecule has 10 nitrogen and oxygen atoms in total. The number of nitrogens with one attached hydrogen (secondary N) is 2. The van der Waals surface area contributed by atoms with Crippen LogP contribution in [0, 0.1) is 0 Å². The maximum absolute atomic E-state index is 14.0. The first-order valence-electron chi connectivity index (χ1n) is 15.2. The highest BCUT2D eigenvalue weighted by atomic mass is 16.5. The van der Waals surface area contributed by atoms with Crippen LogP contribution in [0.1, 0.15) is 43.9 Å². The summed E-state index contributed by atoms with van der Waals surface area (Å²) < 4.78 is 7.67. The second kappa shape index (κ2) is 14.3. The van der Waals surface area contributed by atoms with Crippen molar-refractivity contribution >= 4 is 23.5 Å². The Bertz CT molecular complexity index is 1580. The van der Waals surface area contributed by atoms with Crippen molar-refractivity contribution < 1.29 is 19.1 Å². The van der Waals surface area contributed by atoms with Gasteiger partial charge in [-0.1, -0.05) is 91.0 Å². The van der Waals surface area contributed by atoms with E-state index in [-0.39, 0.29) is 24.9 Å². The molecule has 2 atom stereocenters. The molecule has 0 bridgehead atoms. The Labute approximate surface area is 263 Å². The van der Waals surface area contributed by atoms with Crippen LogP contribution in [0.15, 0.2) is 97.2 Å². The molecule has 1 aliphatic heterocycles. The number of hydrogen-bond donors (Lipinski definition) is 3. The summed E-state index contributed by atoms with van der Waals surface area (Å²) in [6.07, 6.45) is 3.61. The van der Waals surface area contributed by atoms with Crippen molar-refractivity contribution in [2.24, 2.45) is 5.73 Å². The lowest BCUT2D eigenvalue weighted by Crippen LogP contribution is -2.56. The zero-order valence-corrected chi connectivity index (χ0v) is 25.7. The molecule has 1 saturated heterocycles. The van der Waals surface area contributed by atoms with Gasteiger partial charge in [-0.05, 0) is 37.8 Å². The van der Waals surface area contributed by atoms with Crippen LogP contribution in [-0.4, -0.2) is 63.4 Å². The van der Waals surface area contributed by atoms with Crippen molar-refractivity contribution in [2.75, 3.05) is 25.0 Å². The maximum Gasteiger partial charge on any atom is 0.250 e. The van der Waals surface area contributed by atoms with E-state index < -0.39 is 29.4 Å². The SMILES string of the molecule is CC(C)(N)C(=O)N[C@H](COCc1ccccc1)C(=O)Nc1cn(C(C(=O)N2CCCC2)c2ccccc2)c(-c2ccccc2)n1. The number of benzene rings is 3. The van der Waals surface area contributed by atoms with E-state index in [9.17, 15) is 14.4 Å². The minimum absolute atomic E-state index is 0.0317. The number of anilines is 1. The van der Waals surface area contributed by atoms with Crippen LogP contribution in [0.5, 0.6) is 0 Å². The lowest BCUT2D eigenvalue weighted by Gasteiger charge is -2.26. The molecule has 4 aromatic rings. The summed E-state index contributed by atoms with van der Waals surface area (Å²) in [5.74, 6) is -0.288. The molecule has 234 valence electrons. The standard InChI is InChI=1S/C35H40N6O4/c1-35(2,36)34(44)37-28(24-45-23-25-14-6-3-7-15-25)32(42)39-29-22-41(31(38-29)27-18-10-5-11-19-27)30(26-16-8-4-9-17-26)33(43)40-20-12-13-21-40/h3-11,14-19,22,28,30H,12-13,20-21,23-24,36H2,1-2H3,(H,37,44)(H,39,42)/t28-,30?/m1/s1. The molecule has 45 heavy (non-hydrogen) atoms. The minimum atomic E-state index is -1.21. The fourth-order valence-electron chi connectivity index (χ4n) is 5.23. The Kier molecular flexibility index (Phi) is 10.1. The quantitative estimate of drug-likeness (QED) is 0.222. The zero-order valence-electron chi connectivity index (χ0n) is 25.7. The normalized spacial score (nSPS) is 14.5. The summed E-state index contributed by atoms with van der Waals surface area (Å²) >= 11 is 0. The summed E-state index contributed by atoms with van der Waals surface area (Å²) in [6.45, 7) is 4.70. The summed E-state index contributed by atoms with van der Waals surface area (Å²) in [7, 11) is 0. The van der Waals surface area contributed by atoms with E-state index in [4.69, 9.17) is 15.5 Å². The molecule has 4 N–H and O–H groups in total. The average Bonchev–Trinajstić information content (AvgIpc) is 3.73. The van der Waals surface area contributed by atoms with E-state index >= 15 is 0 Å².